The lowest BCUT2D eigenvalue weighted by Crippen LogP contribution is -2.44. The molecule has 3 aromatic rings. The second-order valence-corrected chi connectivity index (χ2v) is 10.00. The van der Waals surface area contributed by atoms with Gasteiger partial charge in [-0.3, -0.25) is 0 Å². The van der Waals surface area contributed by atoms with Crippen LogP contribution in [0.2, 0.25) is 0 Å². The first-order valence-corrected chi connectivity index (χ1v) is 10.7. The fourth-order valence-electron chi connectivity index (χ4n) is 2.76. The number of nitrogens with zero attached hydrogens (tertiary/aromatic N) is 4. The number of carbonyl (C=O) groups excluding carboxylic acids is 2. The lowest BCUT2D eigenvalue weighted by Gasteiger charge is -2.26. The van der Waals surface area contributed by atoms with E-state index in [9.17, 15) is 18.4 Å². The first kappa shape index (κ1) is 24.6. The van der Waals surface area contributed by atoms with Gasteiger partial charge in [-0.2, -0.15) is 4.98 Å². The van der Waals surface area contributed by atoms with E-state index in [1.165, 1.54) is 28.9 Å². The van der Waals surface area contributed by atoms with Crippen molar-refractivity contribution in [3.8, 4) is 11.1 Å². The maximum Gasteiger partial charge on any atom is 0.427 e. The summed E-state index contributed by atoms with van der Waals surface area (Å²) in [4.78, 5) is 30.4. The van der Waals surface area contributed by atoms with Crippen LogP contribution in [-0.2, 0) is 9.47 Å². The molecule has 0 spiro atoms. The number of anilines is 1. The monoisotopic (exact) mass is 524 g/mol. The molecule has 176 valence electrons. The van der Waals surface area contributed by atoms with Crippen LogP contribution >= 0.6 is 15.9 Å². The maximum atomic E-state index is 14.5. The topological polar surface area (TPSA) is 86.0 Å². The highest BCUT2D eigenvalue weighted by atomic mass is 79.9. The van der Waals surface area contributed by atoms with Crippen molar-refractivity contribution in [2.75, 3.05) is 4.90 Å². The van der Waals surface area contributed by atoms with Crippen LogP contribution < -0.4 is 4.90 Å². The highest BCUT2D eigenvalue weighted by Crippen LogP contribution is 2.31. The van der Waals surface area contributed by atoms with E-state index in [2.05, 4.69) is 26.0 Å². The average Bonchev–Trinajstić information content (AvgIpc) is 3.04. The van der Waals surface area contributed by atoms with Crippen molar-refractivity contribution >= 4 is 39.7 Å². The first-order valence-electron chi connectivity index (χ1n) is 9.93. The van der Waals surface area contributed by atoms with Crippen molar-refractivity contribution in [1.29, 1.82) is 0 Å². The van der Waals surface area contributed by atoms with Gasteiger partial charge in [-0.05, 0) is 87.3 Å². The number of ether oxygens (including phenoxy) is 2. The molecule has 0 radical (unpaired) electrons. The van der Waals surface area contributed by atoms with Gasteiger partial charge in [-0.15, -0.1) is 10.00 Å². The standard InChI is InChI=1S/C22H23BrF2N4O4/c1-21(2,3)32-19(30)29(20(31)33-22(4,5)6)18-26-15-11-12(9-10-28(15)27-18)16-14(24)8-7-13(23)17(16)25/h7-11H,1-6H3. The van der Waals surface area contributed by atoms with Crippen LogP contribution in [0.15, 0.2) is 34.9 Å². The van der Waals surface area contributed by atoms with E-state index < -0.39 is 35.0 Å². The van der Waals surface area contributed by atoms with Crippen molar-refractivity contribution < 1.29 is 27.8 Å². The van der Waals surface area contributed by atoms with Gasteiger partial charge in [0.2, 0.25) is 0 Å². The number of fused-ring (bicyclic) bond motifs is 1. The van der Waals surface area contributed by atoms with E-state index >= 15 is 0 Å². The number of aromatic nitrogens is 3. The Labute approximate surface area is 197 Å². The van der Waals surface area contributed by atoms with Crippen molar-refractivity contribution in [2.24, 2.45) is 0 Å². The van der Waals surface area contributed by atoms with E-state index in [1.54, 1.807) is 41.5 Å². The Morgan fingerprint density at radius 3 is 2.12 bits per heavy atom. The van der Waals surface area contributed by atoms with Gasteiger partial charge < -0.3 is 9.47 Å². The third-order valence-electron chi connectivity index (χ3n) is 4.01. The molecular weight excluding hydrogens is 502 g/mol. The number of halogens is 3. The molecule has 0 saturated heterocycles. The van der Waals surface area contributed by atoms with Crippen molar-refractivity contribution in [3.63, 3.8) is 0 Å². The highest BCUT2D eigenvalue weighted by molar-refractivity contribution is 9.10. The molecule has 0 aliphatic heterocycles. The SMILES string of the molecule is CC(C)(C)OC(=O)N(C(=O)OC(C)(C)C)c1nc2cc(-c3c(F)ccc(Br)c3F)ccn2n1. The summed E-state index contributed by atoms with van der Waals surface area (Å²) in [7, 11) is 0. The number of rotatable bonds is 2. The number of imide groups is 1. The lowest BCUT2D eigenvalue weighted by molar-refractivity contribution is 0.0427. The summed E-state index contributed by atoms with van der Waals surface area (Å²) >= 11 is 3.05. The predicted octanol–water partition coefficient (Wildman–Crippen LogP) is 6.11. The minimum Gasteiger partial charge on any atom is -0.443 e. The number of pyridine rings is 1. The fourth-order valence-corrected chi connectivity index (χ4v) is 3.10. The predicted molar refractivity (Wildman–Crippen MR) is 121 cm³/mol. The molecule has 0 N–H and O–H groups in total. The summed E-state index contributed by atoms with van der Waals surface area (Å²) in [5.41, 5.74) is -1.73. The number of hydrogen-bond donors (Lipinski definition) is 0. The molecule has 0 atom stereocenters. The van der Waals surface area contributed by atoms with Crippen LogP contribution in [0.25, 0.3) is 16.8 Å². The van der Waals surface area contributed by atoms with Crippen LogP contribution in [-0.4, -0.2) is 38.0 Å². The van der Waals surface area contributed by atoms with Gasteiger partial charge in [-0.25, -0.2) is 22.9 Å². The van der Waals surface area contributed by atoms with Crippen molar-refractivity contribution in [2.45, 2.75) is 52.7 Å². The number of amides is 2. The van der Waals surface area contributed by atoms with Crippen LogP contribution in [0.1, 0.15) is 41.5 Å². The molecule has 2 amide bonds. The molecule has 0 saturated carbocycles. The van der Waals surface area contributed by atoms with Gasteiger partial charge in [0.15, 0.2) is 5.65 Å². The zero-order chi connectivity index (χ0) is 24.7. The minimum absolute atomic E-state index is 0.0990. The highest BCUT2D eigenvalue weighted by Gasteiger charge is 2.35. The summed E-state index contributed by atoms with van der Waals surface area (Å²) in [6.45, 7) is 9.85. The van der Waals surface area contributed by atoms with E-state index in [-0.39, 0.29) is 27.2 Å². The molecule has 0 aliphatic rings. The Balaban J connectivity index is 2.08. The summed E-state index contributed by atoms with van der Waals surface area (Å²) < 4.78 is 40.9. The lowest BCUT2D eigenvalue weighted by atomic mass is 10.1. The Morgan fingerprint density at radius 1 is 1.00 bits per heavy atom. The quantitative estimate of drug-likeness (QED) is 0.375. The van der Waals surface area contributed by atoms with Gasteiger partial charge in [0.1, 0.15) is 22.8 Å². The molecular formula is C22H23BrF2N4O4. The normalized spacial score (nSPS) is 12.0. The molecule has 0 bridgehead atoms. The summed E-state index contributed by atoms with van der Waals surface area (Å²) in [6, 6.07) is 5.22. The Morgan fingerprint density at radius 2 is 1.58 bits per heavy atom. The third-order valence-corrected chi connectivity index (χ3v) is 4.62. The van der Waals surface area contributed by atoms with Crippen LogP contribution in [0.4, 0.5) is 24.3 Å². The number of carbonyl (C=O) groups is 2. The summed E-state index contributed by atoms with van der Waals surface area (Å²) in [6.07, 6.45) is -0.655. The van der Waals surface area contributed by atoms with Gasteiger partial charge in [0, 0.05) is 6.20 Å². The molecule has 0 fully saturated rings. The molecule has 8 nitrogen and oxygen atoms in total. The largest absolute Gasteiger partial charge is 0.443 e. The van der Waals surface area contributed by atoms with Gasteiger partial charge in [-0.1, -0.05) is 0 Å². The van der Waals surface area contributed by atoms with E-state index in [4.69, 9.17) is 9.47 Å². The Hall–Kier alpha value is -3.08. The first-order chi connectivity index (χ1) is 15.2. The zero-order valence-electron chi connectivity index (χ0n) is 18.9. The minimum atomic E-state index is -1.03. The second-order valence-electron chi connectivity index (χ2n) is 9.14. The molecule has 1 aromatic carbocycles. The molecule has 2 heterocycles. The zero-order valence-corrected chi connectivity index (χ0v) is 20.5. The Kier molecular flexibility index (Phi) is 6.47. The van der Waals surface area contributed by atoms with Gasteiger partial charge in [0.25, 0.3) is 5.95 Å². The second kappa shape index (κ2) is 8.69. The average molecular weight is 525 g/mol. The van der Waals surface area contributed by atoms with Gasteiger partial charge >= 0.3 is 12.2 Å². The van der Waals surface area contributed by atoms with Crippen molar-refractivity contribution in [1.82, 2.24) is 14.6 Å². The number of benzene rings is 1. The summed E-state index contributed by atoms with van der Waals surface area (Å²) in [5, 5.41) is 4.15. The van der Waals surface area contributed by atoms with Crippen LogP contribution in [0, 0.1) is 11.6 Å². The fraction of sp³-hybridized carbons (Fsp3) is 0.364. The van der Waals surface area contributed by atoms with E-state index in [0.717, 1.165) is 6.07 Å². The smallest absolute Gasteiger partial charge is 0.427 e. The molecule has 2 aromatic heterocycles. The molecule has 33 heavy (non-hydrogen) atoms. The number of hydrogen-bond acceptors (Lipinski definition) is 6. The maximum absolute atomic E-state index is 14.5. The molecule has 3 rings (SSSR count). The van der Waals surface area contributed by atoms with Crippen LogP contribution in [0.3, 0.4) is 0 Å². The van der Waals surface area contributed by atoms with Gasteiger partial charge in [0.05, 0.1) is 10.0 Å². The van der Waals surface area contributed by atoms with E-state index in [0.29, 0.717) is 4.90 Å². The molecule has 11 heteroatoms. The molecule has 0 aliphatic carbocycles. The van der Waals surface area contributed by atoms with Crippen LogP contribution in [0.5, 0.6) is 0 Å². The van der Waals surface area contributed by atoms with Crippen molar-refractivity contribution in [3.05, 3.63) is 46.6 Å². The summed E-state index contributed by atoms with van der Waals surface area (Å²) in [5.74, 6) is -1.85. The molecule has 0 unspecified atom stereocenters. The third kappa shape index (κ3) is 5.65. The Bertz CT molecular complexity index is 1200. The van der Waals surface area contributed by atoms with E-state index in [1.807, 2.05) is 0 Å².